The maximum absolute atomic E-state index is 12.5. The fraction of sp³-hybridized carbons (Fsp3) is 0.0556. The van der Waals surface area contributed by atoms with Gasteiger partial charge in [-0.1, -0.05) is 17.7 Å². The third-order valence-corrected chi connectivity index (χ3v) is 5.57. The highest BCUT2D eigenvalue weighted by Gasteiger charge is 2.21. The number of halogens is 1. The number of furan rings is 1. The second kappa shape index (κ2) is 8.86. The Morgan fingerprint density at radius 3 is 2.52 bits per heavy atom. The first-order chi connectivity index (χ1) is 13.9. The zero-order valence-electron chi connectivity index (χ0n) is 14.8. The number of nitrogens with one attached hydrogen (secondary N) is 3. The Bertz CT molecular complexity index is 1120. The lowest BCUT2D eigenvalue weighted by Gasteiger charge is -2.10. The number of carbonyl (C=O) groups excluding carboxylic acids is 2. The molecule has 0 atom stereocenters. The number of aromatic nitrogens is 1. The molecule has 0 saturated carbocycles. The smallest absolute Gasteiger partial charge is 0.288 e. The summed E-state index contributed by atoms with van der Waals surface area (Å²) in [4.78, 5) is 27.8. The van der Waals surface area contributed by atoms with E-state index < -0.39 is 21.8 Å². The molecule has 3 aromatic rings. The fourth-order valence-electron chi connectivity index (χ4n) is 2.25. The molecule has 0 spiro atoms. The van der Waals surface area contributed by atoms with Crippen molar-refractivity contribution in [3.05, 3.63) is 83.0 Å². The minimum atomic E-state index is -4.02. The van der Waals surface area contributed by atoms with Gasteiger partial charge in [-0.15, -0.1) is 0 Å². The van der Waals surface area contributed by atoms with Gasteiger partial charge in [0.25, 0.3) is 11.8 Å². The third kappa shape index (κ3) is 5.19. The highest BCUT2D eigenvalue weighted by atomic mass is 35.5. The van der Waals surface area contributed by atoms with E-state index in [0.717, 1.165) is 6.07 Å². The molecule has 0 saturated heterocycles. The highest BCUT2D eigenvalue weighted by Crippen LogP contribution is 2.23. The van der Waals surface area contributed by atoms with E-state index >= 15 is 0 Å². The van der Waals surface area contributed by atoms with Gasteiger partial charge < -0.3 is 4.42 Å². The molecular weight excluding hydrogens is 420 g/mol. The molecule has 0 aliphatic rings. The molecule has 0 aliphatic heterocycles. The first-order valence-electron chi connectivity index (χ1n) is 8.20. The monoisotopic (exact) mass is 434 g/mol. The summed E-state index contributed by atoms with van der Waals surface area (Å²) in [5, 5.41) is -0.0639. The van der Waals surface area contributed by atoms with Crippen molar-refractivity contribution in [2.45, 2.75) is 11.4 Å². The first kappa shape index (κ1) is 20.5. The lowest BCUT2D eigenvalue weighted by atomic mass is 10.2. The van der Waals surface area contributed by atoms with E-state index in [4.69, 9.17) is 16.0 Å². The maximum atomic E-state index is 12.5. The molecule has 1 aromatic carbocycles. The van der Waals surface area contributed by atoms with Crippen LogP contribution in [0.5, 0.6) is 0 Å². The van der Waals surface area contributed by atoms with E-state index in [1.54, 1.807) is 24.3 Å². The van der Waals surface area contributed by atoms with E-state index in [2.05, 4.69) is 20.6 Å². The summed E-state index contributed by atoms with van der Waals surface area (Å²) in [6, 6.07) is 11.7. The van der Waals surface area contributed by atoms with Gasteiger partial charge >= 0.3 is 0 Å². The number of hydrogen-bond donors (Lipinski definition) is 3. The summed E-state index contributed by atoms with van der Waals surface area (Å²) >= 11 is 6.00. The molecule has 3 N–H and O–H groups in total. The minimum Gasteiger partial charge on any atom is -0.468 e. The molecule has 2 heterocycles. The van der Waals surface area contributed by atoms with Crippen molar-refractivity contribution in [3.63, 3.8) is 0 Å². The van der Waals surface area contributed by atoms with Gasteiger partial charge in [0.2, 0.25) is 10.0 Å². The Morgan fingerprint density at radius 1 is 1.03 bits per heavy atom. The second-order valence-corrected chi connectivity index (χ2v) is 7.81. The van der Waals surface area contributed by atoms with Gasteiger partial charge in [0.05, 0.1) is 17.8 Å². The predicted octanol–water partition coefficient (Wildman–Crippen LogP) is 1.88. The lowest BCUT2D eigenvalue weighted by molar-refractivity contribution is 0.0844. The first-order valence-corrected chi connectivity index (χ1v) is 10.1. The number of benzene rings is 1. The zero-order chi connectivity index (χ0) is 20.9. The summed E-state index contributed by atoms with van der Waals surface area (Å²) in [6.45, 7) is -0.0811. The average Bonchev–Trinajstić information content (AvgIpc) is 3.25. The molecule has 11 heteroatoms. The number of nitrogens with zero attached hydrogens (tertiary/aromatic N) is 1. The molecule has 0 fully saturated rings. The van der Waals surface area contributed by atoms with Crippen molar-refractivity contribution in [2.24, 2.45) is 0 Å². The molecule has 29 heavy (non-hydrogen) atoms. The molecule has 0 bridgehead atoms. The summed E-state index contributed by atoms with van der Waals surface area (Å²) < 4.78 is 32.5. The van der Waals surface area contributed by atoms with E-state index in [0.29, 0.717) is 5.76 Å². The summed E-state index contributed by atoms with van der Waals surface area (Å²) in [5.74, 6) is -0.940. The van der Waals surface area contributed by atoms with Gasteiger partial charge in [0.1, 0.15) is 16.3 Å². The number of hydrogen-bond acceptors (Lipinski definition) is 6. The molecule has 0 radical (unpaired) electrons. The van der Waals surface area contributed by atoms with Crippen LogP contribution in [0, 0.1) is 0 Å². The van der Waals surface area contributed by atoms with Crippen LogP contribution in [0.2, 0.25) is 5.02 Å². The number of carbonyl (C=O) groups is 2. The molecule has 0 aliphatic carbocycles. The van der Waals surface area contributed by atoms with Crippen LogP contribution in [-0.2, 0) is 16.6 Å². The largest absolute Gasteiger partial charge is 0.468 e. The molecule has 3 rings (SSSR count). The van der Waals surface area contributed by atoms with Gasteiger partial charge in [-0.3, -0.25) is 25.4 Å². The van der Waals surface area contributed by atoms with Crippen LogP contribution in [0.15, 0.2) is 70.3 Å². The third-order valence-electron chi connectivity index (χ3n) is 3.69. The Morgan fingerprint density at radius 2 is 1.83 bits per heavy atom. The number of sulfonamides is 1. The van der Waals surface area contributed by atoms with Gasteiger partial charge in [-0.05, 0) is 42.5 Å². The van der Waals surface area contributed by atoms with E-state index in [-0.39, 0.29) is 27.7 Å². The van der Waals surface area contributed by atoms with E-state index in [1.807, 2.05) is 0 Å². The quantitative estimate of drug-likeness (QED) is 0.508. The fourth-order valence-corrected chi connectivity index (χ4v) is 3.77. The van der Waals surface area contributed by atoms with Gasteiger partial charge in [-0.25, -0.2) is 13.1 Å². The van der Waals surface area contributed by atoms with Gasteiger partial charge in [-0.2, -0.15) is 0 Å². The Hall–Kier alpha value is -3.21. The lowest BCUT2D eigenvalue weighted by Crippen LogP contribution is -2.42. The second-order valence-electron chi connectivity index (χ2n) is 5.67. The van der Waals surface area contributed by atoms with Gasteiger partial charge in [0, 0.05) is 11.8 Å². The topological polar surface area (TPSA) is 130 Å². The van der Waals surface area contributed by atoms with Crippen LogP contribution in [-0.4, -0.2) is 25.2 Å². The molecular formula is C18H15ClN4O5S. The van der Waals surface area contributed by atoms with Crippen molar-refractivity contribution < 1.29 is 22.4 Å². The van der Waals surface area contributed by atoms with E-state index in [9.17, 15) is 18.0 Å². The molecule has 2 aromatic heterocycles. The Kier molecular flexibility index (Phi) is 6.27. The van der Waals surface area contributed by atoms with Crippen molar-refractivity contribution in [1.82, 2.24) is 20.6 Å². The zero-order valence-corrected chi connectivity index (χ0v) is 16.3. The summed E-state index contributed by atoms with van der Waals surface area (Å²) in [5.41, 5.74) is 4.49. The van der Waals surface area contributed by atoms with Crippen LogP contribution in [0.4, 0.5) is 0 Å². The van der Waals surface area contributed by atoms with Crippen molar-refractivity contribution in [3.8, 4) is 0 Å². The maximum Gasteiger partial charge on any atom is 0.288 e. The molecule has 0 unspecified atom stereocenters. The standard InChI is InChI=1S/C18H15ClN4O5S/c19-14-7-6-12(17(24)22-23-18(25)15-5-1-2-8-20-15)10-16(14)29(26,27)21-11-13-4-3-9-28-13/h1-10,21H,11H2,(H,22,24)(H,23,25). The minimum absolute atomic E-state index is 0.0194. The number of pyridine rings is 1. The number of amides is 2. The normalized spacial score (nSPS) is 11.1. The summed E-state index contributed by atoms with van der Waals surface area (Å²) in [7, 11) is -4.02. The molecule has 150 valence electrons. The van der Waals surface area contributed by atoms with E-state index in [1.165, 1.54) is 30.7 Å². The van der Waals surface area contributed by atoms with Crippen LogP contribution in [0.3, 0.4) is 0 Å². The van der Waals surface area contributed by atoms with Crippen molar-refractivity contribution in [2.75, 3.05) is 0 Å². The highest BCUT2D eigenvalue weighted by molar-refractivity contribution is 7.89. The summed E-state index contributed by atoms with van der Waals surface area (Å²) in [6.07, 6.45) is 2.85. The predicted molar refractivity (Wildman–Crippen MR) is 103 cm³/mol. The Balaban J connectivity index is 1.70. The van der Waals surface area contributed by atoms with Crippen molar-refractivity contribution >= 4 is 33.4 Å². The van der Waals surface area contributed by atoms with Crippen molar-refractivity contribution in [1.29, 1.82) is 0 Å². The van der Waals surface area contributed by atoms with Crippen LogP contribution in [0.1, 0.15) is 26.6 Å². The molecule has 9 nitrogen and oxygen atoms in total. The SMILES string of the molecule is O=C(NNC(=O)c1ccccn1)c1ccc(Cl)c(S(=O)(=O)NCc2ccco2)c1. The van der Waals surface area contributed by atoms with Crippen LogP contribution >= 0.6 is 11.6 Å². The Labute approximate surface area is 171 Å². The average molecular weight is 435 g/mol. The van der Waals surface area contributed by atoms with Gasteiger partial charge in [0.15, 0.2) is 0 Å². The van der Waals surface area contributed by atoms with Crippen LogP contribution < -0.4 is 15.6 Å². The van der Waals surface area contributed by atoms with Crippen LogP contribution in [0.25, 0.3) is 0 Å². The number of rotatable bonds is 6. The molecule has 2 amide bonds. The number of hydrazine groups is 1.